The zero-order valence-corrected chi connectivity index (χ0v) is 18.9. The van der Waals surface area contributed by atoms with Crippen molar-refractivity contribution in [1.82, 2.24) is 20.4 Å². The van der Waals surface area contributed by atoms with Gasteiger partial charge in [-0.15, -0.1) is 5.10 Å². The number of hydrogen-bond acceptors (Lipinski definition) is 4. The van der Waals surface area contributed by atoms with E-state index in [-0.39, 0.29) is 52.2 Å². The minimum Gasteiger partial charge on any atom is -0.359 e. The molecule has 4 aliphatic rings. The van der Waals surface area contributed by atoms with Crippen LogP contribution in [-0.4, -0.2) is 47.0 Å². The van der Waals surface area contributed by atoms with E-state index in [0.29, 0.717) is 25.2 Å². The number of fused-ring (bicyclic) bond motifs is 6. The summed E-state index contributed by atoms with van der Waals surface area (Å²) in [4.78, 5) is 27.9. The molecule has 1 saturated heterocycles. The smallest absolute Gasteiger partial charge is 0.235 e. The van der Waals surface area contributed by atoms with Crippen LogP contribution in [0.3, 0.4) is 0 Å². The van der Waals surface area contributed by atoms with Crippen molar-refractivity contribution in [3.05, 3.63) is 47.2 Å². The van der Waals surface area contributed by atoms with Gasteiger partial charge in [0.05, 0.1) is 22.4 Å². The molecule has 1 aromatic carbocycles. The van der Waals surface area contributed by atoms with Gasteiger partial charge in [0.1, 0.15) is 11.6 Å². The topological polar surface area (TPSA) is 75.2 Å². The van der Waals surface area contributed by atoms with Gasteiger partial charge in [0.25, 0.3) is 0 Å². The summed E-state index contributed by atoms with van der Waals surface area (Å²) >= 11 is 0. The van der Waals surface area contributed by atoms with E-state index in [1.807, 2.05) is 4.90 Å². The van der Waals surface area contributed by atoms with Gasteiger partial charge in [0, 0.05) is 26.1 Å². The zero-order chi connectivity index (χ0) is 23.3. The summed E-state index contributed by atoms with van der Waals surface area (Å²) in [7, 11) is 1.65. The second-order valence-electron chi connectivity index (χ2n) is 10.5. The molecule has 1 aliphatic heterocycles. The maximum Gasteiger partial charge on any atom is 0.235 e. The number of aromatic nitrogens is 2. The van der Waals surface area contributed by atoms with Crippen molar-refractivity contribution < 1.29 is 18.4 Å². The Labute approximate surface area is 190 Å². The molecule has 2 bridgehead atoms. The molecule has 6 nitrogen and oxygen atoms in total. The summed E-state index contributed by atoms with van der Waals surface area (Å²) in [5.74, 6) is -0.727. The number of halogens is 2. The first-order valence-electron chi connectivity index (χ1n) is 11.6. The first-order valence-corrected chi connectivity index (χ1v) is 11.6. The van der Waals surface area contributed by atoms with Crippen LogP contribution in [0.15, 0.2) is 24.3 Å². The molecule has 0 spiro atoms. The average Bonchev–Trinajstić information content (AvgIpc) is 3.07. The number of nitrogens with one attached hydrogen (secondary N) is 1. The highest BCUT2D eigenvalue weighted by molar-refractivity contribution is 5.93. The minimum absolute atomic E-state index is 0.00904. The van der Waals surface area contributed by atoms with Crippen molar-refractivity contribution in [2.75, 3.05) is 20.1 Å². The van der Waals surface area contributed by atoms with Gasteiger partial charge < -0.3 is 10.2 Å². The molecular formula is C25H26F2N4O2. The average molecular weight is 453 g/mol. The second-order valence-corrected chi connectivity index (χ2v) is 10.5. The molecule has 2 aromatic rings. The van der Waals surface area contributed by atoms with Crippen molar-refractivity contribution >= 4 is 11.8 Å². The first-order chi connectivity index (χ1) is 15.7. The number of carbonyl (C=O) groups is 2. The summed E-state index contributed by atoms with van der Waals surface area (Å²) in [6.07, 6.45) is 1.50. The van der Waals surface area contributed by atoms with E-state index in [2.05, 4.69) is 29.4 Å². The van der Waals surface area contributed by atoms with Crippen LogP contribution in [0.25, 0.3) is 11.3 Å². The predicted octanol–water partition coefficient (Wildman–Crippen LogP) is 3.03. The Morgan fingerprint density at radius 3 is 2.42 bits per heavy atom. The SMILES string of the molecule is CNC(=O)C1C2CN(C(=O)[C@]34CC[C@H](c5cc(-c6c(F)cccc6F)nnc53)C4(C)C)C[C@@H]21. The highest BCUT2D eigenvalue weighted by Gasteiger charge is 2.70. The van der Waals surface area contributed by atoms with Crippen LogP contribution in [0, 0.1) is 34.8 Å². The van der Waals surface area contributed by atoms with Crippen LogP contribution < -0.4 is 5.32 Å². The lowest BCUT2D eigenvalue weighted by atomic mass is 9.67. The molecule has 0 radical (unpaired) electrons. The Morgan fingerprint density at radius 2 is 1.79 bits per heavy atom. The third-order valence-electron chi connectivity index (χ3n) is 9.00. The monoisotopic (exact) mass is 452 g/mol. The highest BCUT2D eigenvalue weighted by Crippen LogP contribution is 2.68. The standard InChI is InChI=1S/C25H26F2N4O2/c1-24(2)15-7-8-25(24,23(33)31-10-13-14(11-31)19(13)22(32)28-3)21-12(15)9-18(29-30-21)20-16(26)5-4-6-17(20)27/h4-6,9,13-15,19H,7-8,10-11H2,1-3H3,(H,28,32)/t13-,14?,15+,19?,25-/m0/s1. The van der Waals surface area contributed by atoms with Crippen molar-refractivity contribution in [2.45, 2.75) is 38.0 Å². The lowest BCUT2D eigenvalue weighted by molar-refractivity contribution is -0.141. The van der Waals surface area contributed by atoms with E-state index in [9.17, 15) is 18.4 Å². The fourth-order valence-corrected chi connectivity index (χ4v) is 7.18. The maximum absolute atomic E-state index is 14.4. The zero-order valence-electron chi connectivity index (χ0n) is 18.9. The first kappa shape index (κ1) is 20.7. The second kappa shape index (κ2) is 6.58. The number of amides is 2. The maximum atomic E-state index is 14.4. The van der Waals surface area contributed by atoms with E-state index in [4.69, 9.17) is 0 Å². The molecule has 2 unspecified atom stereocenters. The summed E-state index contributed by atoms with van der Waals surface area (Å²) in [6, 6.07) is 5.47. The minimum atomic E-state index is -0.800. The number of carbonyl (C=O) groups excluding carboxylic acids is 2. The number of likely N-dealkylation sites (tertiary alicyclic amines) is 1. The molecule has 8 heteroatoms. The lowest BCUT2D eigenvalue weighted by Gasteiger charge is -2.39. The van der Waals surface area contributed by atoms with Crippen molar-refractivity contribution in [1.29, 1.82) is 0 Å². The molecular weight excluding hydrogens is 426 g/mol. The molecule has 172 valence electrons. The van der Waals surface area contributed by atoms with E-state index in [1.165, 1.54) is 18.2 Å². The van der Waals surface area contributed by atoms with Crippen molar-refractivity contribution in [2.24, 2.45) is 23.2 Å². The number of rotatable bonds is 3. The van der Waals surface area contributed by atoms with E-state index in [1.54, 1.807) is 13.1 Å². The molecule has 1 aromatic heterocycles. The van der Waals surface area contributed by atoms with Gasteiger partial charge in [-0.05, 0) is 59.8 Å². The quantitative estimate of drug-likeness (QED) is 0.777. The third-order valence-corrected chi connectivity index (χ3v) is 9.00. The Kier molecular flexibility index (Phi) is 4.12. The number of benzene rings is 1. The molecule has 6 rings (SSSR count). The van der Waals surface area contributed by atoms with Crippen molar-refractivity contribution in [3.8, 4) is 11.3 Å². The van der Waals surface area contributed by atoms with Crippen molar-refractivity contribution in [3.63, 3.8) is 0 Å². The molecule has 3 aliphatic carbocycles. The normalized spacial score (nSPS) is 32.5. The lowest BCUT2D eigenvalue weighted by Crippen LogP contribution is -2.52. The summed E-state index contributed by atoms with van der Waals surface area (Å²) in [5, 5.41) is 11.4. The summed E-state index contributed by atoms with van der Waals surface area (Å²) in [5.41, 5.74) is 0.309. The summed E-state index contributed by atoms with van der Waals surface area (Å²) < 4.78 is 28.8. The number of piperidine rings is 1. The third kappa shape index (κ3) is 2.47. The fourth-order valence-electron chi connectivity index (χ4n) is 7.18. The number of nitrogens with zero attached hydrogens (tertiary/aromatic N) is 3. The number of hydrogen-bond donors (Lipinski definition) is 1. The van der Waals surface area contributed by atoms with Gasteiger partial charge in [0.15, 0.2) is 0 Å². The van der Waals surface area contributed by atoms with Gasteiger partial charge in [-0.25, -0.2) is 8.78 Å². The Bertz CT molecular complexity index is 1180. The molecule has 2 saturated carbocycles. The van der Waals surface area contributed by atoms with Gasteiger partial charge in [-0.3, -0.25) is 9.59 Å². The van der Waals surface area contributed by atoms with Gasteiger partial charge in [-0.1, -0.05) is 19.9 Å². The van der Waals surface area contributed by atoms with Crippen LogP contribution in [0.4, 0.5) is 8.78 Å². The van der Waals surface area contributed by atoms with E-state index < -0.39 is 17.0 Å². The van der Waals surface area contributed by atoms with Crippen LogP contribution in [0.1, 0.15) is 43.9 Å². The predicted molar refractivity (Wildman–Crippen MR) is 116 cm³/mol. The molecule has 2 amide bonds. The molecule has 33 heavy (non-hydrogen) atoms. The van der Waals surface area contributed by atoms with E-state index >= 15 is 0 Å². The summed E-state index contributed by atoms with van der Waals surface area (Å²) in [6.45, 7) is 5.37. The van der Waals surface area contributed by atoms with Crippen LogP contribution in [-0.2, 0) is 15.0 Å². The highest BCUT2D eigenvalue weighted by atomic mass is 19.1. The van der Waals surface area contributed by atoms with Crippen LogP contribution in [0.5, 0.6) is 0 Å². The molecule has 2 heterocycles. The van der Waals surface area contributed by atoms with Gasteiger partial charge in [0.2, 0.25) is 11.8 Å². The van der Waals surface area contributed by atoms with Crippen LogP contribution >= 0.6 is 0 Å². The van der Waals surface area contributed by atoms with Gasteiger partial charge >= 0.3 is 0 Å². The van der Waals surface area contributed by atoms with Gasteiger partial charge in [-0.2, -0.15) is 5.10 Å². The van der Waals surface area contributed by atoms with Crippen LogP contribution in [0.2, 0.25) is 0 Å². The Balaban J connectivity index is 1.36. The largest absolute Gasteiger partial charge is 0.359 e. The molecule has 5 atom stereocenters. The Morgan fingerprint density at radius 1 is 1.12 bits per heavy atom. The fraction of sp³-hybridized carbons (Fsp3) is 0.520. The van der Waals surface area contributed by atoms with E-state index in [0.717, 1.165) is 12.0 Å². The molecule has 1 N–H and O–H groups in total. The molecule has 3 fully saturated rings. The Hall–Kier alpha value is -2.90.